The van der Waals surface area contributed by atoms with Crippen LogP contribution in [0.4, 0.5) is 0 Å². The fraction of sp³-hybridized carbons (Fsp3) is 0.588. The first-order valence-electron chi connectivity index (χ1n) is 8.03. The van der Waals surface area contributed by atoms with E-state index in [0.29, 0.717) is 17.2 Å². The monoisotopic (exact) mass is 305 g/mol. The molecule has 0 aliphatic carbocycles. The number of likely N-dealkylation sites (tertiary alicyclic amines) is 1. The first-order chi connectivity index (χ1) is 10.2. The highest BCUT2D eigenvalue weighted by atomic mass is 35.5. The molecule has 3 nitrogen and oxygen atoms in total. The molecule has 21 heavy (non-hydrogen) atoms. The first-order valence-corrected chi connectivity index (χ1v) is 8.41. The molecule has 2 heterocycles. The smallest absolute Gasteiger partial charge is 0.158 e. The van der Waals surface area contributed by atoms with Gasteiger partial charge in [-0.25, -0.2) is 0 Å². The minimum Gasteiger partial charge on any atom is -0.298 e. The second-order valence-corrected chi connectivity index (χ2v) is 6.61. The molecule has 0 spiro atoms. The molecule has 2 aromatic rings. The van der Waals surface area contributed by atoms with E-state index in [1.807, 2.05) is 18.2 Å². The molecule has 1 aromatic heterocycles. The molecule has 0 bridgehead atoms. The number of aromatic nitrogens is 2. The van der Waals surface area contributed by atoms with Gasteiger partial charge in [0.1, 0.15) is 0 Å². The number of rotatable bonds is 4. The van der Waals surface area contributed by atoms with Crippen molar-refractivity contribution >= 4 is 22.5 Å². The van der Waals surface area contributed by atoms with Crippen molar-refractivity contribution in [1.29, 1.82) is 0 Å². The van der Waals surface area contributed by atoms with Crippen LogP contribution in [0.3, 0.4) is 0 Å². The van der Waals surface area contributed by atoms with Crippen LogP contribution >= 0.6 is 11.6 Å². The molecule has 2 atom stereocenters. The van der Waals surface area contributed by atoms with Crippen LogP contribution in [0.5, 0.6) is 0 Å². The van der Waals surface area contributed by atoms with Crippen molar-refractivity contribution in [3.05, 3.63) is 29.4 Å². The van der Waals surface area contributed by atoms with Gasteiger partial charge < -0.3 is 0 Å². The largest absolute Gasteiger partial charge is 0.298 e. The summed E-state index contributed by atoms with van der Waals surface area (Å²) in [5.74, 6) is 0. The lowest BCUT2D eigenvalue weighted by molar-refractivity contribution is 0.100. The summed E-state index contributed by atoms with van der Waals surface area (Å²) in [6, 6.07) is 9.62. The predicted octanol–water partition coefficient (Wildman–Crippen LogP) is 4.34. The van der Waals surface area contributed by atoms with Gasteiger partial charge in [-0.2, -0.15) is 5.10 Å². The summed E-state index contributed by atoms with van der Waals surface area (Å²) in [5, 5.41) is 6.14. The number of fused-ring (bicyclic) bond motifs is 1. The van der Waals surface area contributed by atoms with Crippen LogP contribution < -0.4 is 0 Å². The number of hydrogen-bond acceptors (Lipinski definition) is 2. The van der Waals surface area contributed by atoms with E-state index in [0.717, 1.165) is 30.4 Å². The molecule has 4 heteroatoms. The maximum absolute atomic E-state index is 6.21. The lowest BCUT2D eigenvalue weighted by Crippen LogP contribution is -2.44. The standard InChI is InChI=1S/C17H24ClN3/c1-13-7-5-8-14(2)20(13)11-6-12-21-16-10-4-3-9-15(16)17(18)19-21/h3-4,9-10,13-14H,5-8,11-12H2,1-2H3. The zero-order valence-electron chi connectivity index (χ0n) is 12.9. The van der Waals surface area contributed by atoms with Crippen LogP contribution in [-0.2, 0) is 6.54 Å². The minimum absolute atomic E-state index is 0.616. The molecule has 0 amide bonds. The third-order valence-electron chi connectivity index (χ3n) is 4.78. The summed E-state index contributed by atoms with van der Waals surface area (Å²) in [4.78, 5) is 2.65. The Hall–Kier alpha value is -1.06. The summed E-state index contributed by atoms with van der Waals surface area (Å²) in [6.07, 6.45) is 5.16. The summed E-state index contributed by atoms with van der Waals surface area (Å²) in [5.41, 5.74) is 1.14. The molecule has 0 radical (unpaired) electrons. The molecule has 1 aliphatic heterocycles. The van der Waals surface area contributed by atoms with Gasteiger partial charge in [0.2, 0.25) is 0 Å². The zero-order valence-corrected chi connectivity index (χ0v) is 13.7. The zero-order chi connectivity index (χ0) is 14.8. The fourth-order valence-electron chi connectivity index (χ4n) is 3.58. The topological polar surface area (TPSA) is 21.1 Å². The quantitative estimate of drug-likeness (QED) is 0.837. The molecule has 0 N–H and O–H groups in total. The maximum Gasteiger partial charge on any atom is 0.158 e. The molecular weight excluding hydrogens is 282 g/mol. The van der Waals surface area contributed by atoms with Crippen molar-refractivity contribution in [3.63, 3.8) is 0 Å². The second kappa shape index (κ2) is 6.37. The van der Waals surface area contributed by atoms with Gasteiger partial charge in [0.05, 0.1) is 5.52 Å². The van der Waals surface area contributed by atoms with Crippen molar-refractivity contribution < 1.29 is 0 Å². The van der Waals surface area contributed by atoms with Gasteiger partial charge in [-0.1, -0.05) is 30.2 Å². The predicted molar refractivity (Wildman–Crippen MR) is 88.8 cm³/mol. The van der Waals surface area contributed by atoms with Crippen LogP contribution in [0, 0.1) is 0 Å². The third kappa shape index (κ3) is 3.09. The molecule has 2 unspecified atom stereocenters. The average molecular weight is 306 g/mol. The highest BCUT2D eigenvalue weighted by Gasteiger charge is 2.23. The van der Waals surface area contributed by atoms with Crippen LogP contribution in [-0.4, -0.2) is 33.3 Å². The molecule has 0 saturated carbocycles. The Bertz CT molecular complexity index is 597. The highest BCUT2D eigenvalue weighted by molar-refractivity contribution is 6.34. The number of para-hydroxylation sites is 1. The Morgan fingerprint density at radius 2 is 1.86 bits per heavy atom. The van der Waals surface area contributed by atoms with Crippen LogP contribution in [0.25, 0.3) is 10.9 Å². The lowest BCUT2D eigenvalue weighted by Gasteiger charge is -2.39. The van der Waals surface area contributed by atoms with E-state index in [2.05, 4.69) is 34.6 Å². The van der Waals surface area contributed by atoms with Crippen molar-refractivity contribution in [1.82, 2.24) is 14.7 Å². The van der Waals surface area contributed by atoms with Gasteiger partial charge in [-0.3, -0.25) is 9.58 Å². The molecule has 3 rings (SSSR count). The van der Waals surface area contributed by atoms with E-state index in [1.54, 1.807) is 0 Å². The van der Waals surface area contributed by atoms with Gasteiger partial charge in [-0.05, 0) is 45.2 Å². The number of nitrogens with zero attached hydrogens (tertiary/aromatic N) is 3. The Kier molecular flexibility index (Phi) is 4.51. The number of aryl methyl sites for hydroxylation is 1. The molecule has 1 fully saturated rings. The molecular formula is C17H24ClN3. The molecule has 1 aliphatic rings. The van der Waals surface area contributed by atoms with E-state index >= 15 is 0 Å². The van der Waals surface area contributed by atoms with Crippen LogP contribution in [0.2, 0.25) is 5.15 Å². The van der Waals surface area contributed by atoms with Crippen molar-refractivity contribution in [2.24, 2.45) is 0 Å². The Morgan fingerprint density at radius 1 is 1.14 bits per heavy atom. The average Bonchev–Trinajstić information content (AvgIpc) is 2.79. The number of piperidine rings is 1. The summed E-state index contributed by atoms with van der Waals surface area (Å²) in [7, 11) is 0. The van der Waals surface area contributed by atoms with Gasteiger partial charge in [-0.15, -0.1) is 0 Å². The Morgan fingerprint density at radius 3 is 2.62 bits per heavy atom. The molecule has 1 saturated heterocycles. The van der Waals surface area contributed by atoms with Gasteiger partial charge >= 0.3 is 0 Å². The highest BCUT2D eigenvalue weighted by Crippen LogP contribution is 2.24. The summed E-state index contributed by atoms with van der Waals surface area (Å²) >= 11 is 6.21. The van der Waals surface area contributed by atoms with Gasteiger partial charge in [0.15, 0.2) is 5.15 Å². The van der Waals surface area contributed by atoms with Crippen molar-refractivity contribution in [2.75, 3.05) is 6.54 Å². The molecule has 1 aromatic carbocycles. The third-order valence-corrected chi connectivity index (χ3v) is 5.05. The van der Waals surface area contributed by atoms with E-state index in [4.69, 9.17) is 11.6 Å². The van der Waals surface area contributed by atoms with Crippen LogP contribution in [0.1, 0.15) is 39.5 Å². The Labute approximate surface area is 131 Å². The van der Waals surface area contributed by atoms with E-state index in [-0.39, 0.29) is 0 Å². The number of benzene rings is 1. The Balaban J connectivity index is 1.64. The number of hydrogen-bond donors (Lipinski definition) is 0. The van der Waals surface area contributed by atoms with Crippen molar-refractivity contribution in [2.45, 2.75) is 58.2 Å². The van der Waals surface area contributed by atoms with E-state index in [9.17, 15) is 0 Å². The van der Waals surface area contributed by atoms with Gasteiger partial charge in [0, 0.05) is 30.6 Å². The SMILES string of the molecule is CC1CCCC(C)N1CCCn1nc(Cl)c2ccccc21. The summed E-state index contributed by atoms with van der Waals surface area (Å²) in [6.45, 7) is 6.79. The fourth-order valence-corrected chi connectivity index (χ4v) is 3.83. The molecule has 114 valence electrons. The van der Waals surface area contributed by atoms with Crippen molar-refractivity contribution in [3.8, 4) is 0 Å². The minimum atomic E-state index is 0.616. The van der Waals surface area contributed by atoms with E-state index < -0.39 is 0 Å². The van der Waals surface area contributed by atoms with Gasteiger partial charge in [0.25, 0.3) is 0 Å². The van der Waals surface area contributed by atoms with E-state index in [1.165, 1.54) is 19.3 Å². The normalized spacial score (nSPS) is 23.8. The first kappa shape index (κ1) is 14.9. The summed E-state index contributed by atoms with van der Waals surface area (Å²) < 4.78 is 2.05. The number of halogens is 1. The maximum atomic E-state index is 6.21. The second-order valence-electron chi connectivity index (χ2n) is 6.25. The lowest BCUT2D eigenvalue weighted by atomic mass is 9.97. The van der Waals surface area contributed by atoms with Crippen LogP contribution in [0.15, 0.2) is 24.3 Å².